The summed E-state index contributed by atoms with van der Waals surface area (Å²) >= 11 is 1.36. The van der Waals surface area contributed by atoms with Crippen molar-refractivity contribution < 1.29 is 19.1 Å². The van der Waals surface area contributed by atoms with E-state index in [1.54, 1.807) is 0 Å². The molecule has 0 unspecified atom stereocenters. The van der Waals surface area contributed by atoms with Crippen molar-refractivity contribution in [3.63, 3.8) is 0 Å². The zero-order chi connectivity index (χ0) is 23.2. The molecule has 1 aromatic heterocycles. The molecule has 0 bridgehead atoms. The van der Waals surface area contributed by atoms with E-state index in [1.807, 2.05) is 61.7 Å². The van der Waals surface area contributed by atoms with Crippen LogP contribution in [-0.2, 0) is 22.6 Å². The van der Waals surface area contributed by atoms with E-state index in [0.29, 0.717) is 26.2 Å². The summed E-state index contributed by atoms with van der Waals surface area (Å²) < 4.78 is 13.4. The molecule has 172 valence electrons. The Morgan fingerprint density at radius 3 is 2.61 bits per heavy atom. The van der Waals surface area contributed by atoms with Crippen LogP contribution in [0, 0.1) is 0 Å². The maximum absolute atomic E-state index is 12.6. The molecule has 0 saturated heterocycles. The first-order valence-electron chi connectivity index (χ1n) is 11.0. The summed E-state index contributed by atoms with van der Waals surface area (Å²) in [5.74, 6) is 1.39. The van der Waals surface area contributed by atoms with Gasteiger partial charge >= 0.3 is 0 Å². The Bertz CT molecular complexity index is 1130. The molecule has 0 radical (unpaired) electrons. The van der Waals surface area contributed by atoms with Crippen LogP contribution in [0.15, 0.2) is 59.9 Å². The Labute approximate surface area is 197 Å². The lowest BCUT2D eigenvalue weighted by atomic mass is 10.0. The lowest BCUT2D eigenvalue weighted by molar-refractivity contribution is -0.125. The molecular formula is C25H27N3O4S. The molecule has 1 aliphatic rings. The van der Waals surface area contributed by atoms with Gasteiger partial charge in [0.25, 0.3) is 0 Å². The Hall–Kier alpha value is -3.26. The molecule has 0 spiro atoms. The molecule has 0 fully saturated rings. The van der Waals surface area contributed by atoms with Crippen molar-refractivity contribution in [1.82, 2.24) is 14.9 Å². The first-order valence-corrected chi connectivity index (χ1v) is 12.0. The van der Waals surface area contributed by atoms with Crippen LogP contribution in [0.2, 0.25) is 0 Å². The normalized spacial score (nSPS) is 13.4. The molecule has 0 saturated carbocycles. The molecular weight excluding hydrogens is 438 g/mol. The third kappa shape index (κ3) is 5.57. The van der Waals surface area contributed by atoms with Crippen molar-refractivity contribution in [1.29, 1.82) is 0 Å². The minimum Gasteiger partial charge on any atom is -0.486 e. The number of benzene rings is 2. The van der Waals surface area contributed by atoms with Gasteiger partial charge in [0.2, 0.25) is 5.91 Å². The maximum Gasteiger partial charge on any atom is 0.231 e. The summed E-state index contributed by atoms with van der Waals surface area (Å²) in [5.41, 5.74) is 2.93. The Balaban J connectivity index is 1.41. The van der Waals surface area contributed by atoms with Crippen molar-refractivity contribution in [3.05, 3.63) is 60.3 Å². The van der Waals surface area contributed by atoms with Gasteiger partial charge in [-0.05, 0) is 44.0 Å². The van der Waals surface area contributed by atoms with Crippen LogP contribution in [0.3, 0.4) is 0 Å². The number of carbonyl (C=O) groups is 2. The third-order valence-corrected chi connectivity index (χ3v) is 6.40. The van der Waals surface area contributed by atoms with Gasteiger partial charge in [0, 0.05) is 12.1 Å². The monoisotopic (exact) mass is 465 g/mol. The summed E-state index contributed by atoms with van der Waals surface area (Å²) in [4.78, 5) is 29.2. The first kappa shape index (κ1) is 22.9. The van der Waals surface area contributed by atoms with E-state index in [-0.39, 0.29) is 17.4 Å². The minimum absolute atomic E-state index is 0.0619. The quantitative estimate of drug-likeness (QED) is 0.485. The molecule has 1 amide bonds. The molecule has 0 aliphatic carbocycles. The van der Waals surface area contributed by atoms with Gasteiger partial charge in [-0.2, -0.15) is 0 Å². The van der Waals surface area contributed by atoms with Crippen LogP contribution >= 0.6 is 11.8 Å². The average Bonchev–Trinajstić information content (AvgIpc) is 3.25. The van der Waals surface area contributed by atoms with Crippen molar-refractivity contribution in [3.8, 4) is 22.8 Å². The number of hydrogen-bond acceptors (Lipinski definition) is 6. The van der Waals surface area contributed by atoms with Crippen LogP contribution in [-0.4, -0.2) is 46.2 Å². The Morgan fingerprint density at radius 2 is 1.88 bits per heavy atom. The van der Waals surface area contributed by atoms with Crippen molar-refractivity contribution >= 4 is 23.5 Å². The van der Waals surface area contributed by atoms with Crippen LogP contribution in [0.5, 0.6) is 11.5 Å². The molecule has 2 heterocycles. The second kappa shape index (κ2) is 10.6. The van der Waals surface area contributed by atoms with Crippen LogP contribution in [0.1, 0.15) is 19.4 Å². The second-order valence-electron chi connectivity index (χ2n) is 7.74. The Kier molecular flexibility index (Phi) is 7.34. The predicted octanol–water partition coefficient (Wildman–Crippen LogP) is 3.75. The molecule has 1 N–H and O–H groups in total. The summed E-state index contributed by atoms with van der Waals surface area (Å²) in [6.45, 7) is 5.34. The number of rotatable bonds is 9. The molecule has 2 aromatic carbocycles. The highest BCUT2D eigenvalue weighted by Gasteiger charge is 2.20. The fraction of sp³-hybridized carbons (Fsp3) is 0.320. The van der Waals surface area contributed by atoms with Gasteiger partial charge in [0.05, 0.1) is 23.7 Å². The largest absolute Gasteiger partial charge is 0.486 e. The van der Waals surface area contributed by atoms with Gasteiger partial charge in [-0.25, -0.2) is 4.98 Å². The summed E-state index contributed by atoms with van der Waals surface area (Å²) in [7, 11) is 0. The molecule has 7 nitrogen and oxygen atoms in total. The number of ketones is 1. The molecule has 3 aromatic rings. The number of carbonyl (C=O) groups excluding carboxylic acids is 2. The number of ether oxygens (including phenoxy) is 2. The number of aromatic nitrogens is 2. The summed E-state index contributed by atoms with van der Waals surface area (Å²) in [6.07, 6.45) is 2.29. The molecule has 1 aliphatic heterocycles. The standard InChI is InChI=1S/C25H27N3O4S/c1-3-28-21(19-9-10-22-23(14-19)32-12-11-31-22)15-26-25(28)33-16-24(30)27-20(17(2)29)13-18-7-5-4-6-8-18/h4-10,14-15,20H,3,11-13,16H2,1-2H3,(H,27,30)/t20-/m1/s1. The van der Waals surface area contributed by atoms with Crippen LogP contribution < -0.4 is 14.8 Å². The number of hydrogen-bond donors (Lipinski definition) is 1. The number of imidazole rings is 1. The number of amides is 1. The molecule has 4 rings (SSSR count). The second-order valence-corrected chi connectivity index (χ2v) is 8.68. The van der Waals surface area contributed by atoms with E-state index in [4.69, 9.17) is 9.47 Å². The van der Waals surface area contributed by atoms with Gasteiger partial charge in [-0.1, -0.05) is 42.1 Å². The lowest BCUT2D eigenvalue weighted by Gasteiger charge is -2.19. The number of fused-ring (bicyclic) bond motifs is 1. The van der Waals surface area contributed by atoms with Crippen LogP contribution in [0.4, 0.5) is 0 Å². The maximum atomic E-state index is 12.6. The summed E-state index contributed by atoms with van der Waals surface area (Å²) in [6, 6.07) is 15.0. The lowest BCUT2D eigenvalue weighted by Crippen LogP contribution is -2.42. The van der Waals surface area contributed by atoms with Gasteiger partial charge in [-0.15, -0.1) is 0 Å². The SMILES string of the molecule is CCn1c(-c2ccc3c(c2)OCCO3)cnc1SCC(=O)N[C@H](Cc1ccccc1)C(C)=O. The molecule has 33 heavy (non-hydrogen) atoms. The van der Waals surface area contributed by atoms with E-state index in [9.17, 15) is 9.59 Å². The van der Waals surface area contributed by atoms with Crippen molar-refractivity contribution in [2.24, 2.45) is 0 Å². The molecule has 1 atom stereocenters. The average molecular weight is 466 g/mol. The van der Waals surface area contributed by atoms with Gasteiger partial charge in [0.15, 0.2) is 22.4 Å². The predicted molar refractivity (Wildman–Crippen MR) is 128 cm³/mol. The number of Topliss-reactive ketones (excluding diaryl/α,β-unsaturated/α-hetero) is 1. The fourth-order valence-electron chi connectivity index (χ4n) is 3.72. The zero-order valence-corrected chi connectivity index (χ0v) is 19.6. The van der Waals surface area contributed by atoms with Crippen molar-refractivity contribution in [2.75, 3.05) is 19.0 Å². The van der Waals surface area contributed by atoms with Crippen LogP contribution in [0.25, 0.3) is 11.3 Å². The van der Waals surface area contributed by atoms with E-state index in [0.717, 1.165) is 33.5 Å². The van der Waals surface area contributed by atoms with E-state index >= 15 is 0 Å². The highest BCUT2D eigenvalue weighted by molar-refractivity contribution is 7.99. The number of nitrogens with zero attached hydrogens (tertiary/aromatic N) is 2. The fourth-order valence-corrected chi connectivity index (χ4v) is 4.58. The smallest absolute Gasteiger partial charge is 0.231 e. The van der Waals surface area contributed by atoms with E-state index < -0.39 is 6.04 Å². The minimum atomic E-state index is -0.542. The van der Waals surface area contributed by atoms with E-state index in [1.165, 1.54) is 18.7 Å². The number of thioether (sulfide) groups is 1. The van der Waals surface area contributed by atoms with Crippen molar-refractivity contribution in [2.45, 2.75) is 38.0 Å². The first-order chi connectivity index (χ1) is 16.0. The highest BCUT2D eigenvalue weighted by Crippen LogP contribution is 2.35. The molecule has 8 heteroatoms. The third-order valence-electron chi connectivity index (χ3n) is 5.41. The van der Waals surface area contributed by atoms with E-state index in [2.05, 4.69) is 14.9 Å². The highest BCUT2D eigenvalue weighted by atomic mass is 32.2. The van der Waals surface area contributed by atoms with Gasteiger partial charge < -0.3 is 19.4 Å². The number of nitrogens with one attached hydrogen (secondary N) is 1. The Morgan fingerprint density at radius 1 is 1.12 bits per heavy atom. The topological polar surface area (TPSA) is 82.4 Å². The zero-order valence-electron chi connectivity index (χ0n) is 18.7. The summed E-state index contributed by atoms with van der Waals surface area (Å²) in [5, 5.41) is 3.62. The van der Waals surface area contributed by atoms with Gasteiger partial charge in [-0.3, -0.25) is 9.59 Å². The van der Waals surface area contributed by atoms with Gasteiger partial charge in [0.1, 0.15) is 13.2 Å².